The molecule has 0 saturated heterocycles. The Kier molecular flexibility index (Phi) is 3.45. The third-order valence-electron chi connectivity index (χ3n) is 2.55. The molecule has 0 unspecified atom stereocenters. The molecule has 2 aromatic rings. The van der Waals surface area contributed by atoms with Gasteiger partial charge in [-0.15, -0.1) is 10.2 Å². The molecule has 0 aliphatic rings. The van der Waals surface area contributed by atoms with Crippen LogP contribution in [0.2, 0.25) is 0 Å². The van der Waals surface area contributed by atoms with E-state index in [0.717, 1.165) is 27.9 Å². The summed E-state index contributed by atoms with van der Waals surface area (Å²) in [5.41, 5.74) is 1.75. The Morgan fingerprint density at radius 1 is 1.35 bits per heavy atom. The van der Waals surface area contributed by atoms with Gasteiger partial charge in [0.2, 0.25) is 0 Å². The van der Waals surface area contributed by atoms with Crippen LogP contribution in [0.1, 0.15) is 17.0 Å². The van der Waals surface area contributed by atoms with Crippen LogP contribution in [0.4, 0.5) is 0 Å². The summed E-state index contributed by atoms with van der Waals surface area (Å²) >= 11 is 1.59. The highest BCUT2D eigenvalue weighted by molar-refractivity contribution is 7.98. The Hall–Kier alpha value is -1.80. The van der Waals surface area contributed by atoms with Crippen molar-refractivity contribution in [2.45, 2.75) is 17.8 Å². The number of benzene rings is 1. The van der Waals surface area contributed by atoms with Gasteiger partial charge in [-0.1, -0.05) is 30.0 Å². The number of aromatic nitrogens is 3. The first kappa shape index (κ1) is 11.7. The third-order valence-corrected chi connectivity index (χ3v) is 3.62. The SMILES string of the molecule is Cc1nnc(SCc2ccccc2C#N)n1C. The van der Waals surface area contributed by atoms with Crippen LogP contribution >= 0.6 is 11.8 Å². The molecule has 17 heavy (non-hydrogen) atoms. The fourth-order valence-electron chi connectivity index (χ4n) is 1.41. The summed E-state index contributed by atoms with van der Waals surface area (Å²) in [6.45, 7) is 1.92. The van der Waals surface area contributed by atoms with Gasteiger partial charge in [0.25, 0.3) is 0 Å². The van der Waals surface area contributed by atoms with Crippen molar-refractivity contribution in [1.29, 1.82) is 5.26 Å². The Morgan fingerprint density at radius 2 is 2.12 bits per heavy atom. The van der Waals surface area contributed by atoms with Gasteiger partial charge in [-0.25, -0.2) is 0 Å². The lowest BCUT2D eigenvalue weighted by molar-refractivity contribution is 0.765. The molecule has 1 heterocycles. The van der Waals surface area contributed by atoms with Crippen LogP contribution in [-0.4, -0.2) is 14.8 Å². The average Bonchev–Trinajstić information content (AvgIpc) is 2.68. The zero-order valence-electron chi connectivity index (χ0n) is 9.71. The van der Waals surface area contributed by atoms with E-state index in [0.29, 0.717) is 0 Å². The van der Waals surface area contributed by atoms with Crippen molar-refractivity contribution >= 4 is 11.8 Å². The van der Waals surface area contributed by atoms with Gasteiger partial charge in [0.05, 0.1) is 11.6 Å². The maximum Gasteiger partial charge on any atom is 0.191 e. The van der Waals surface area contributed by atoms with E-state index >= 15 is 0 Å². The van der Waals surface area contributed by atoms with Crippen molar-refractivity contribution in [2.24, 2.45) is 7.05 Å². The first-order valence-electron chi connectivity index (χ1n) is 5.19. The van der Waals surface area contributed by atoms with E-state index in [2.05, 4.69) is 16.3 Å². The number of aryl methyl sites for hydroxylation is 1. The molecule has 0 aliphatic heterocycles. The first-order valence-corrected chi connectivity index (χ1v) is 6.17. The quantitative estimate of drug-likeness (QED) is 0.777. The van der Waals surface area contributed by atoms with Crippen LogP contribution in [-0.2, 0) is 12.8 Å². The second-order valence-corrected chi connectivity index (χ2v) is 4.59. The lowest BCUT2D eigenvalue weighted by atomic mass is 10.1. The highest BCUT2D eigenvalue weighted by Gasteiger charge is 2.07. The summed E-state index contributed by atoms with van der Waals surface area (Å²) in [5, 5.41) is 17.9. The molecular formula is C12H12N4S. The number of nitriles is 1. The molecule has 0 fully saturated rings. The summed E-state index contributed by atoms with van der Waals surface area (Å²) < 4.78 is 1.94. The minimum Gasteiger partial charge on any atom is -0.309 e. The molecule has 2 rings (SSSR count). The standard InChI is InChI=1S/C12H12N4S/c1-9-14-15-12(16(9)2)17-8-11-6-4-3-5-10(11)7-13/h3-6H,8H2,1-2H3. The Labute approximate surface area is 104 Å². The Bertz CT molecular complexity index is 568. The molecule has 0 N–H and O–H groups in total. The Balaban J connectivity index is 2.13. The molecule has 0 radical (unpaired) electrons. The molecule has 86 valence electrons. The molecular weight excluding hydrogens is 232 g/mol. The van der Waals surface area contributed by atoms with Gasteiger partial charge in [-0.3, -0.25) is 0 Å². The number of hydrogen-bond donors (Lipinski definition) is 0. The summed E-state index contributed by atoms with van der Waals surface area (Å²) in [6, 6.07) is 9.81. The van der Waals surface area contributed by atoms with Crippen LogP contribution in [0, 0.1) is 18.3 Å². The monoisotopic (exact) mass is 244 g/mol. The second kappa shape index (κ2) is 5.02. The zero-order chi connectivity index (χ0) is 12.3. The normalized spacial score (nSPS) is 10.2. The number of thioether (sulfide) groups is 1. The maximum absolute atomic E-state index is 8.98. The number of nitrogens with zero attached hydrogens (tertiary/aromatic N) is 4. The smallest absolute Gasteiger partial charge is 0.191 e. The summed E-state index contributed by atoms with van der Waals surface area (Å²) in [5.74, 6) is 1.62. The van der Waals surface area contributed by atoms with Crippen LogP contribution in [0.3, 0.4) is 0 Å². The van der Waals surface area contributed by atoms with E-state index in [1.807, 2.05) is 42.8 Å². The third kappa shape index (κ3) is 2.48. The molecule has 0 bridgehead atoms. The predicted molar refractivity (Wildman–Crippen MR) is 66.5 cm³/mol. The molecule has 0 amide bonds. The van der Waals surface area contributed by atoms with E-state index in [-0.39, 0.29) is 0 Å². The largest absolute Gasteiger partial charge is 0.309 e. The van der Waals surface area contributed by atoms with Gasteiger partial charge in [-0.2, -0.15) is 5.26 Å². The minimum absolute atomic E-state index is 0.721. The van der Waals surface area contributed by atoms with Gasteiger partial charge >= 0.3 is 0 Å². The van der Waals surface area contributed by atoms with Crippen LogP contribution in [0.5, 0.6) is 0 Å². The molecule has 1 aromatic carbocycles. The topological polar surface area (TPSA) is 54.5 Å². The van der Waals surface area contributed by atoms with E-state index in [4.69, 9.17) is 5.26 Å². The van der Waals surface area contributed by atoms with E-state index in [9.17, 15) is 0 Å². The van der Waals surface area contributed by atoms with Gasteiger partial charge in [-0.05, 0) is 18.6 Å². The molecule has 0 saturated carbocycles. The molecule has 4 nitrogen and oxygen atoms in total. The second-order valence-electron chi connectivity index (χ2n) is 3.65. The first-order chi connectivity index (χ1) is 8.22. The zero-order valence-corrected chi connectivity index (χ0v) is 10.5. The summed E-state index contributed by atoms with van der Waals surface area (Å²) in [6.07, 6.45) is 0. The number of rotatable bonds is 3. The number of hydrogen-bond acceptors (Lipinski definition) is 4. The average molecular weight is 244 g/mol. The van der Waals surface area contributed by atoms with Crippen molar-refractivity contribution in [2.75, 3.05) is 0 Å². The van der Waals surface area contributed by atoms with Gasteiger partial charge in [0, 0.05) is 12.8 Å². The lowest BCUT2D eigenvalue weighted by Gasteiger charge is -2.03. The van der Waals surface area contributed by atoms with E-state index in [1.165, 1.54) is 0 Å². The van der Waals surface area contributed by atoms with Gasteiger partial charge < -0.3 is 4.57 Å². The lowest BCUT2D eigenvalue weighted by Crippen LogP contribution is -1.94. The van der Waals surface area contributed by atoms with Crippen molar-refractivity contribution in [3.05, 3.63) is 41.2 Å². The van der Waals surface area contributed by atoms with Gasteiger partial charge in [0.1, 0.15) is 5.82 Å². The summed E-state index contributed by atoms with van der Waals surface area (Å²) in [4.78, 5) is 0. The molecule has 0 aliphatic carbocycles. The summed E-state index contributed by atoms with van der Waals surface area (Å²) in [7, 11) is 1.94. The predicted octanol–water partition coefficient (Wildman–Crippen LogP) is 2.29. The van der Waals surface area contributed by atoms with E-state index < -0.39 is 0 Å². The van der Waals surface area contributed by atoms with Crippen LogP contribution in [0.15, 0.2) is 29.4 Å². The molecule has 0 spiro atoms. The highest BCUT2D eigenvalue weighted by atomic mass is 32.2. The maximum atomic E-state index is 8.98. The fraction of sp³-hybridized carbons (Fsp3) is 0.250. The van der Waals surface area contributed by atoms with Crippen LogP contribution in [0.25, 0.3) is 0 Å². The highest BCUT2D eigenvalue weighted by Crippen LogP contribution is 2.22. The van der Waals surface area contributed by atoms with Crippen molar-refractivity contribution in [3.63, 3.8) is 0 Å². The van der Waals surface area contributed by atoms with Crippen LogP contribution < -0.4 is 0 Å². The van der Waals surface area contributed by atoms with E-state index in [1.54, 1.807) is 11.8 Å². The molecule has 0 atom stereocenters. The van der Waals surface area contributed by atoms with Crippen molar-refractivity contribution < 1.29 is 0 Å². The molecule has 5 heteroatoms. The van der Waals surface area contributed by atoms with Crippen molar-refractivity contribution in [1.82, 2.24) is 14.8 Å². The Morgan fingerprint density at radius 3 is 2.76 bits per heavy atom. The minimum atomic E-state index is 0.721. The van der Waals surface area contributed by atoms with Crippen molar-refractivity contribution in [3.8, 4) is 6.07 Å². The van der Waals surface area contributed by atoms with Gasteiger partial charge in [0.15, 0.2) is 5.16 Å². The fourth-order valence-corrected chi connectivity index (χ4v) is 2.37. The molecule has 1 aromatic heterocycles.